The molecular weight excluding hydrogens is 575 g/mol. The van der Waals surface area contributed by atoms with E-state index >= 15 is 0 Å². The molecule has 0 aromatic heterocycles. The van der Waals surface area contributed by atoms with Crippen molar-refractivity contribution in [1.29, 1.82) is 0 Å². The fourth-order valence-corrected chi connectivity index (χ4v) is 6.05. The van der Waals surface area contributed by atoms with Crippen molar-refractivity contribution in [2.24, 2.45) is 17.8 Å². The minimum Gasteiger partial charge on any atom is -0.481 e. The Bertz CT molecular complexity index is 1400. The maximum atomic E-state index is 13.9. The Labute approximate surface area is 254 Å². The van der Waals surface area contributed by atoms with E-state index in [-0.39, 0.29) is 47.8 Å². The van der Waals surface area contributed by atoms with Crippen molar-refractivity contribution in [2.75, 3.05) is 13.1 Å². The van der Waals surface area contributed by atoms with Crippen LogP contribution in [0.3, 0.4) is 0 Å². The Kier molecular flexibility index (Phi) is 10.2. The number of hydrogen-bond acceptors (Lipinski definition) is 7. The molecule has 12 nitrogen and oxygen atoms in total. The Hall–Kier alpha value is -4.55. The fraction of sp³-hybridized carbons (Fsp3) is 0.484. The molecule has 2 aromatic rings. The molecule has 2 N–H and O–H groups in total. The van der Waals surface area contributed by atoms with Crippen LogP contribution in [0.15, 0.2) is 48.5 Å². The molecule has 5 atom stereocenters. The molecule has 1 saturated carbocycles. The molecule has 5 unspecified atom stereocenters. The van der Waals surface area contributed by atoms with Crippen LogP contribution in [0.25, 0.3) is 0 Å². The lowest BCUT2D eigenvalue weighted by molar-refractivity contribution is -0.384. The molecule has 1 aliphatic heterocycles. The lowest BCUT2D eigenvalue weighted by atomic mass is 9.75. The van der Waals surface area contributed by atoms with Gasteiger partial charge < -0.3 is 20.1 Å². The summed E-state index contributed by atoms with van der Waals surface area (Å²) < 4.78 is 19.6. The minimum atomic E-state index is -1.52. The average molecular weight is 613 g/mol. The summed E-state index contributed by atoms with van der Waals surface area (Å²) in [5, 5.41) is 23.5. The van der Waals surface area contributed by atoms with Gasteiger partial charge in [0.2, 0.25) is 0 Å². The summed E-state index contributed by atoms with van der Waals surface area (Å²) in [6.45, 7) is 6.13. The molecular formula is C31H37FN4O8. The molecule has 1 aliphatic carbocycles. The van der Waals surface area contributed by atoms with E-state index in [2.05, 4.69) is 26.1 Å². The maximum absolute atomic E-state index is 13.9. The number of carbonyl (C=O) groups is 4. The number of nitro benzene ring substituents is 1. The number of halogens is 1. The van der Waals surface area contributed by atoms with Crippen LogP contribution in [-0.4, -0.2) is 69.1 Å². The monoisotopic (exact) mass is 612 g/mol. The maximum Gasteiger partial charge on any atom is 0.412 e. The standard InChI is InChI=1S/C31H37FN4O8/c1-18(2)24-12-7-19(3)15-26(24)44-31(41)35-14-13-34(30(40)20-8-10-22(32)11-9-20)29(35)28(39)33-25(17-27(37)38)21-5-4-6-23(16-21)36(42)43/h4-6,8-11,16,18-19,24-26,29H,7,12-15,17H2,1-3H3,(H,33,39)(H,37,38). The van der Waals surface area contributed by atoms with Gasteiger partial charge in [-0.3, -0.25) is 29.4 Å². The van der Waals surface area contributed by atoms with Gasteiger partial charge in [0.15, 0.2) is 6.17 Å². The Morgan fingerprint density at radius 1 is 1.09 bits per heavy atom. The van der Waals surface area contributed by atoms with Crippen molar-refractivity contribution in [3.05, 3.63) is 75.6 Å². The van der Waals surface area contributed by atoms with Gasteiger partial charge in [0, 0.05) is 30.8 Å². The molecule has 236 valence electrons. The normalized spacial score (nSPS) is 22.4. The zero-order valence-corrected chi connectivity index (χ0v) is 24.9. The van der Waals surface area contributed by atoms with Crippen LogP contribution in [0.5, 0.6) is 0 Å². The highest BCUT2D eigenvalue weighted by atomic mass is 19.1. The zero-order valence-electron chi connectivity index (χ0n) is 24.9. The fourth-order valence-electron chi connectivity index (χ4n) is 6.05. The Morgan fingerprint density at radius 3 is 2.41 bits per heavy atom. The molecule has 1 saturated heterocycles. The molecule has 44 heavy (non-hydrogen) atoms. The quantitative estimate of drug-likeness (QED) is 0.303. The van der Waals surface area contributed by atoms with Gasteiger partial charge in [-0.15, -0.1) is 0 Å². The molecule has 0 bridgehead atoms. The Morgan fingerprint density at radius 2 is 1.77 bits per heavy atom. The third-order valence-electron chi connectivity index (χ3n) is 8.39. The number of nitrogens with one attached hydrogen (secondary N) is 1. The first-order valence-electron chi connectivity index (χ1n) is 14.7. The zero-order chi connectivity index (χ0) is 32.1. The van der Waals surface area contributed by atoms with Crippen molar-refractivity contribution < 1.29 is 38.3 Å². The van der Waals surface area contributed by atoms with Gasteiger partial charge in [0.25, 0.3) is 17.5 Å². The predicted molar refractivity (Wildman–Crippen MR) is 156 cm³/mol. The van der Waals surface area contributed by atoms with Gasteiger partial charge in [-0.05, 0) is 60.4 Å². The first kappa shape index (κ1) is 32.4. The summed E-state index contributed by atoms with van der Waals surface area (Å²) in [5.74, 6) is -2.64. The average Bonchev–Trinajstić information content (AvgIpc) is 3.42. The number of nitro groups is 1. The van der Waals surface area contributed by atoms with Crippen LogP contribution < -0.4 is 5.32 Å². The number of amides is 3. The third-order valence-corrected chi connectivity index (χ3v) is 8.39. The SMILES string of the molecule is CC1CCC(C(C)C)C(OC(=O)N2CCN(C(=O)c3ccc(F)cc3)C2C(=O)NC(CC(=O)O)c2cccc([N+](=O)[O-])c2)C1. The summed E-state index contributed by atoms with van der Waals surface area (Å²) in [4.78, 5) is 65.9. The summed E-state index contributed by atoms with van der Waals surface area (Å²) in [5.41, 5.74) is -0.0524. The van der Waals surface area contributed by atoms with E-state index < -0.39 is 53.2 Å². The summed E-state index contributed by atoms with van der Waals surface area (Å²) in [6, 6.07) is 8.72. The summed E-state index contributed by atoms with van der Waals surface area (Å²) >= 11 is 0. The molecule has 1 heterocycles. The van der Waals surface area contributed by atoms with E-state index in [1.807, 2.05) is 0 Å². The first-order chi connectivity index (χ1) is 20.8. The van der Waals surface area contributed by atoms with Gasteiger partial charge in [-0.1, -0.05) is 39.3 Å². The number of ether oxygens (including phenoxy) is 1. The molecule has 3 amide bonds. The van der Waals surface area contributed by atoms with Gasteiger partial charge in [-0.2, -0.15) is 0 Å². The highest BCUT2D eigenvalue weighted by Gasteiger charge is 2.46. The van der Waals surface area contributed by atoms with E-state index in [4.69, 9.17) is 4.74 Å². The number of non-ortho nitro benzene ring substituents is 1. The molecule has 2 aliphatic rings. The van der Waals surface area contributed by atoms with Crippen molar-refractivity contribution >= 4 is 29.6 Å². The van der Waals surface area contributed by atoms with E-state index in [0.717, 1.165) is 40.8 Å². The number of aliphatic carboxylic acids is 1. The van der Waals surface area contributed by atoms with Crippen molar-refractivity contribution in [3.63, 3.8) is 0 Å². The van der Waals surface area contributed by atoms with Crippen LogP contribution in [0, 0.1) is 33.7 Å². The van der Waals surface area contributed by atoms with E-state index in [9.17, 15) is 38.8 Å². The second kappa shape index (κ2) is 13.8. The molecule has 0 spiro atoms. The highest BCUT2D eigenvalue weighted by molar-refractivity contribution is 5.99. The van der Waals surface area contributed by atoms with Crippen LogP contribution in [-0.2, 0) is 14.3 Å². The summed E-state index contributed by atoms with van der Waals surface area (Å²) in [6.07, 6.45) is -0.759. The number of benzene rings is 2. The Balaban J connectivity index is 1.65. The van der Waals surface area contributed by atoms with E-state index in [1.54, 1.807) is 0 Å². The number of hydrogen-bond donors (Lipinski definition) is 2. The van der Waals surface area contributed by atoms with Gasteiger partial charge >= 0.3 is 12.1 Å². The van der Waals surface area contributed by atoms with Crippen LogP contribution in [0.1, 0.15) is 68.4 Å². The van der Waals surface area contributed by atoms with Crippen molar-refractivity contribution in [2.45, 2.75) is 64.8 Å². The van der Waals surface area contributed by atoms with Gasteiger partial charge in [-0.25, -0.2) is 9.18 Å². The van der Waals surface area contributed by atoms with Crippen LogP contribution in [0.4, 0.5) is 14.9 Å². The van der Waals surface area contributed by atoms with Crippen LogP contribution in [0.2, 0.25) is 0 Å². The molecule has 0 radical (unpaired) electrons. The van der Waals surface area contributed by atoms with Crippen LogP contribution >= 0.6 is 0 Å². The molecule has 13 heteroatoms. The largest absolute Gasteiger partial charge is 0.481 e. The number of nitrogens with zero attached hydrogens (tertiary/aromatic N) is 3. The minimum absolute atomic E-state index is 0.0428. The predicted octanol–water partition coefficient (Wildman–Crippen LogP) is 4.75. The van der Waals surface area contributed by atoms with Gasteiger partial charge in [0.1, 0.15) is 11.9 Å². The number of rotatable bonds is 9. The number of carbonyl (C=O) groups excluding carboxylic acids is 3. The summed E-state index contributed by atoms with van der Waals surface area (Å²) in [7, 11) is 0. The molecule has 4 rings (SSSR count). The molecule has 2 fully saturated rings. The first-order valence-corrected chi connectivity index (χ1v) is 14.7. The third kappa shape index (κ3) is 7.50. The van der Waals surface area contributed by atoms with Gasteiger partial charge in [0.05, 0.1) is 17.4 Å². The molecule has 2 aromatic carbocycles. The topological polar surface area (TPSA) is 159 Å². The van der Waals surface area contributed by atoms with Crippen molar-refractivity contribution in [3.8, 4) is 0 Å². The number of carboxylic acid groups (broad SMARTS) is 1. The smallest absolute Gasteiger partial charge is 0.412 e. The van der Waals surface area contributed by atoms with E-state index in [1.165, 1.54) is 30.3 Å². The highest BCUT2D eigenvalue weighted by Crippen LogP contribution is 2.36. The van der Waals surface area contributed by atoms with E-state index in [0.29, 0.717) is 12.3 Å². The number of carboxylic acids is 1. The lowest BCUT2D eigenvalue weighted by Crippen LogP contribution is -2.55. The van der Waals surface area contributed by atoms with Crippen molar-refractivity contribution in [1.82, 2.24) is 15.1 Å². The second-order valence-corrected chi connectivity index (χ2v) is 11.8. The second-order valence-electron chi connectivity index (χ2n) is 11.8. The lowest BCUT2D eigenvalue weighted by Gasteiger charge is -2.38.